The molecule has 2 rings (SSSR count). The van der Waals surface area contributed by atoms with Gasteiger partial charge in [-0.15, -0.1) is 0 Å². The minimum Gasteiger partial charge on any atom is -0.0921 e. The average molecular weight is 389 g/mol. The Hall–Kier alpha value is -0.310. The molecule has 18 heavy (non-hydrogen) atoms. The van der Waals surface area contributed by atoms with Crippen molar-refractivity contribution >= 4 is 43.5 Å². The van der Waals surface area contributed by atoms with Crippen LogP contribution in [0.1, 0.15) is 17.0 Å². The molecule has 0 spiro atoms. The van der Waals surface area contributed by atoms with E-state index < -0.39 is 0 Å². The van der Waals surface area contributed by atoms with Crippen LogP contribution >= 0.6 is 43.5 Å². The van der Waals surface area contributed by atoms with Crippen molar-refractivity contribution in [2.45, 2.75) is 12.3 Å². The third-order valence-corrected chi connectivity index (χ3v) is 4.76. The van der Waals surface area contributed by atoms with E-state index >= 15 is 0 Å². The van der Waals surface area contributed by atoms with E-state index in [1.807, 2.05) is 18.2 Å². The first-order valence-electron chi connectivity index (χ1n) is 5.75. The molecule has 0 amide bonds. The topological polar surface area (TPSA) is 0 Å². The standard InChI is InChI=1S/C15H13Br2Cl/c16-10-13(11-5-7-14(18)8-6-11)9-12-3-1-2-4-15(12)17/h1-8,13H,9-10H2. The van der Waals surface area contributed by atoms with Gasteiger partial charge in [0.25, 0.3) is 0 Å². The average Bonchev–Trinajstić information content (AvgIpc) is 2.39. The zero-order valence-corrected chi connectivity index (χ0v) is 13.7. The fourth-order valence-electron chi connectivity index (χ4n) is 1.93. The number of rotatable bonds is 4. The van der Waals surface area contributed by atoms with Crippen LogP contribution in [0.15, 0.2) is 53.0 Å². The van der Waals surface area contributed by atoms with Crippen LogP contribution in [0.5, 0.6) is 0 Å². The highest BCUT2D eigenvalue weighted by Crippen LogP contribution is 2.27. The van der Waals surface area contributed by atoms with Gasteiger partial charge in [0.15, 0.2) is 0 Å². The van der Waals surface area contributed by atoms with Gasteiger partial charge in [-0.25, -0.2) is 0 Å². The predicted octanol–water partition coefficient (Wildman–Crippen LogP) is 5.82. The maximum Gasteiger partial charge on any atom is 0.0406 e. The maximum absolute atomic E-state index is 5.93. The molecular weight excluding hydrogens is 375 g/mol. The number of hydrogen-bond donors (Lipinski definition) is 0. The molecule has 0 N–H and O–H groups in total. The molecular formula is C15H13Br2Cl. The molecule has 0 fully saturated rings. The first kappa shape index (κ1) is 14.1. The number of benzene rings is 2. The third-order valence-electron chi connectivity index (χ3n) is 2.95. The third kappa shape index (κ3) is 3.59. The zero-order valence-electron chi connectivity index (χ0n) is 9.74. The number of hydrogen-bond acceptors (Lipinski definition) is 0. The molecule has 0 heterocycles. The van der Waals surface area contributed by atoms with Crippen molar-refractivity contribution in [2.24, 2.45) is 0 Å². The quantitative estimate of drug-likeness (QED) is 0.579. The lowest BCUT2D eigenvalue weighted by molar-refractivity contribution is 0.773. The summed E-state index contributed by atoms with van der Waals surface area (Å²) in [6.45, 7) is 0. The summed E-state index contributed by atoms with van der Waals surface area (Å²) in [5, 5.41) is 1.73. The first-order valence-corrected chi connectivity index (χ1v) is 8.05. The Morgan fingerprint density at radius 1 is 1.00 bits per heavy atom. The Morgan fingerprint density at radius 3 is 2.28 bits per heavy atom. The van der Waals surface area contributed by atoms with Gasteiger partial charge in [-0.05, 0) is 41.7 Å². The summed E-state index contributed by atoms with van der Waals surface area (Å²) in [5.74, 6) is 0.459. The van der Waals surface area contributed by atoms with Gasteiger partial charge >= 0.3 is 0 Å². The highest BCUT2D eigenvalue weighted by molar-refractivity contribution is 9.10. The summed E-state index contributed by atoms with van der Waals surface area (Å²) in [4.78, 5) is 0. The molecule has 1 atom stereocenters. The van der Waals surface area contributed by atoms with Gasteiger partial charge in [-0.1, -0.05) is 73.8 Å². The number of alkyl halides is 1. The zero-order chi connectivity index (χ0) is 13.0. The van der Waals surface area contributed by atoms with Gasteiger partial charge in [0.05, 0.1) is 0 Å². The van der Waals surface area contributed by atoms with Crippen molar-refractivity contribution in [3.05, 3.63) is 69.2 Å². The molecule has 0 aromatic heterocycles. The molecule has 0 aliphatic carbocycles. The summed E-state index contributed by atoms with van der Waals surface area (Å²) in [6, 6.07) is 16.5. The van der Waals surface area contributed by atoms with Crippen LogP contribution in [-0.4, -0.2) is 5.33 Å². The Balaban J connectivity index is 2.20. The van der Waals surface area contributed by atoms with Crippen molar-refractivity contribution in [1.82, 2.24) is 0 Å². The lowest BCUT2D eigenvalue weighted by Gasteiger charge is -2.15. The normalized spacial score (nSPS) is 12.4. The molecule has 0 aliphatic heterocycles. The molecule has 0 aliphatic rings. The van der Waals surface area contributed by atoms with Gasteiger partial charge in [0, 0.05) is 14.8 Å². The largest absolute Gasteiger partial charge is 0.0921 e. The second-order valence-electron chi connectivity index (χ2n) is 4.20. The molecule has 0 bridgehead atoms. The summed E-state index contributed by atoms with van der Waals surface area (Å²) in [6.07, 6.45) is 1.01. The van der Waals surface area contributed by atoms with Crippen molar-refractivity contribution in [3.8, 4) is 0 Å². The molecule has 0 saturated carbocycles. The first-order chi connectivity index (χ1) is 8.70. The van der Waals surface area contributed by atoms with Gasteiger partial charge in [0.1, 0.15) is 0 Å². The lowest BCUT2D eigenvalue weighted by atomic mass is 9.94. The number of halogens is 3. The Labute approximate surface area is 130 Å². The van der Waals surface area contributed by atoms with E-state index in [-0.39, 0.29) is 0 Å². The SMILES string of the molecule is Clc1ccc(C(CBr)Cc2ccccc2Br)cc1. The van der Waals surface area contributed by atoms with Crippen molar-refractivity contribution < 1.29 is 0 Å². The van der Waals surface area contributed by atoms with Crippen LogP contribution in [0, 0.1) is 0 Å². The predicted molar refractivity (Wildman–Crippen MR) is 85.8 cm³/mol. The lowest BCUT2D eigenvalue weighted by Crippen LogP contribution is -2.04. The van der Waals surface area contributed by atoms with E-state index in [4.69, 9.17) is 11.6 Å². The van der Waals surface area contributed by atoms with Crippen LogP contribution in [0.3, 0.4) is 0 Å². The molecule has 1 unspecified atom stereocenters. The Morgan fingerprint density at radius 2 is 1.67 bits per heavy atom. The Bertz CT molecular complexity index is 508. The molecule has 2 aromatic carbocycles. The van der Waals surface area contributed by atoms with E-state index in [9.17, 15) is 0 Å². The van der Waals surface area contributed by atoms with Gasteiger partial charge in [-0.2, -0.15) is 0 Å². The fraction of sp³-hybridized carbons (Fsp3) is 0.200. The molecule has 0 nitrogen and oxygen atoms in total. The molecule has 3 heteroatoms. The van der Waals surface area contributed by atoms with Crippen LogP contribution < -0.4 is 0 Å². The van der Waals surface area contributed by atoms with E-state index in [2.05, 4.69) is 62.2 Å². The van der Waals surface area contributed by atoms with Crippen molar-refractivity contribution in [1.29, 1.82) is 0 Å². The van der Waals surface area contributed by atoms with E-state index in [0.717, 1.165) is 16.8 Å². The van der Waals surface area contributed by atoms with E-state index in [0.29, 0.717) is 5.92 Å². The minimum absolute atomic E-state index is 0.459. The van der Waals surface area contributed by atoms with E-state index in [1.54, 1.807) is 0 Å². The summed E-state index contributed by atoms with van der Waals surface area (Å²) >= 11 is 13.1. The minimum atomic E-state index is 0.459. The van der Waals surface area contributed by atoms with Crippen molar-refractivity contribution in [2.75, 3.05) is 5.33 Å². The maximum atomic E-state index is 5.93. The fourth-order valence-corrected chi connectivity index (χ4v) is 3.10. The van der Waals surface area contributed by atoms with Crippen LogP contribution in [0.2, 0.25) is 5.02 Å². The summed E-state index contributed by atoms with van der Waals surface area (Å²) in [5.41, 5.74) is 2.64. The smallest absolute Gasteiger partial charge is 0.0406 e. The summed E-state index contributed by atoms with van der Waals surface area (Å²) < 4.78 is 1.17. The molecule has 0 saturated heterocycles. The highest BCUT2D eigenvalue weighted by Gasteiger charge is 2.12. The summed E-state index contributed by atoms with van der Waals surface area (Å²) in [7, 11) is 0. The second kappa shape index (κ2) is 6.74. The second-order valence-corrected chi connectivity index (χ2v) is 6.14. The van der Waals surface area contributed by atoms with E-state index in [1.165, 1.54) is 15.6 Å². The van der Waals surface area contributed by atoms with Gasteiger partial charge in [0.2, 0.25) is 0 Å². The Kier molecular flexibility index (Phi) is 5.28. The monoisotopic (exact) mass is 386 g/mol. The van der Waals surface area contributed by atoms with Crippen LogP contribution in [0.4, 0.5) is 0 Å². The molecule has 0 radical (unpaired) electrons. The van der Waals surface area contributed by atoms with Crippen LogP contribution in [-0.2, 0) is 6.42 Å². The molecule has 2 aromatic rings. The molecule has 94 valence electrons. The van der Waals surface area contributed by atoms with Gasteiger partial charge in [-0.3, -0.25) is 0 Å². The van der Waals surface area contributed by atoms with Crippen LogP contribution in [0.25, 0.3) is 0 Å². The van der Waals surface area contributed by atoms with Gasteiger partial charge < -0.3 is 0 Å². The highest BCUT2D eigenvalue weighted by atomic mass is 79.9. The van der Waals surface area contributed by atoms with Crippen molar-refractivity contribution in [3.63, 3.8) is 0 Å².